The van der Waals surface area contributed by atoms with Crippen molar-refractivity contribution in [3.05, 3.63) is 69.2 Å². The van der Waals surface area contributed by atoms with Crippen LogP contribution in [0.2, 0.25) is 10.0 Å². The topological polar surface area (TPSA) is 95.7 Å². The third kappa shape index (κ3) is 5.17. The first-order valence-electron chi connectivity index (χ1n) is 9.73. The van der Waals surface area contributed by atoms with Crippen molar-refractivity contribution in [2.75, 3.05) is 26.2 Å². The summed E-state index contributed by atoms with van der Waals surface area (Å²) in [7, 11) is 0. The van der Waals surface area contributed by atoms with Crippen LogP contribution in [0.15, 0.2) is 36.4 Å². The molecular formula is C21H20Cl2F2N4O3. The second kappa shape index (κ2) is 10.2. The van der Waals surface area contributed by atoms with Crippen LogP contribution < -0.4 is 11.1 Å². The maximum Gasteiger partial charge on any atom is 0.263 e. The molecule has 3 amide bonds. The molecule has 1 unspecified atom stereocenters. The number of rotatable bonds is 5. The molecule has 0 aromatic heterocycles. The van der Waals surface area contributed by atoms with E-state index in [1.807, 2.05) is 0 Å². The van der Waals surface area contributed by atoms with Crippen molar-refractivity contribution >= 4 is 40.9 Å². The Bertz CT molecular complexity index is 1030. The van der Waals surface area contributed by atoms with E-state index in [9.17, 15) is 23.2 Å². The molecule has 2 aromatic rings. The highest BCUT2D eigenvalue weighted by molar-refractivity contribution is 6.36. The van der Waals surface area contributed by atoms with E-state index in [1.165, 1.54) is 23.1 Å². The van der Waals surface area contributed by atoms with Gasteiger partial charge in [-0.15, -0.1) is 0 Å². The predicted molar refractivity (Wildman–Crippen MR) is 115 cm³/mol. The third-order valence-electron chi connectivity index (χ3n) is 4.86. The van der Waals surface area contributed by atoms with Crippen molar-refractivity contribution in [2.45, 2.75) is 12.6 Å². The lowest BCUT2D eigenvalue weighted by atomic mass is 10.1. The summed E-state index contributed by atoms with van der Waals surface area (Å²) in [6, 6.07) is 6.67. The highest BCUT2D eigenvalue weighted by Gasteiger charge is 2.41. The lowest BCUT2D eigenvalue weighted by Gasteiger charge is -2.42. The van der Waals surface area contributed by atoms with Gasteiger partial charge in [0.1, 0.15) is 11.6 Å². The molecule has 170 valence electrons. The van der Waals surface area contributed by atoms with Crippen molar-refractivity contribution in [1.82, 2.24) is 15.1 Å². The maximum absolute atomic E-state index is 13.7. The van der Waals surface area contributed by atoms with E-state index in [-0.39, 0.29) is 42.3 Å². The van der Waals surface area contributed by atoms with Gasteiger partial charge in [-0.3, -0.25) is 14.4 Å². The number of carbonyl (C=O) groups excluding carboxylic acids is 3. The van der Waals surface area contributed by atoms with Gasteiger partial charge in [0.15, 0.2) is 6.17 Å². The summed E-state index contributed by atoms with van der Waals surface area (Å²) in [6.45, 7) is 0.490. The second-order valence-corrected chi connectivity index (χ2v) is 7.93. The van der Waals surface area contributed by atoms with Crippen molar-refractivity contribution in [3.8, 4) is 0 Å². The van der Waals surface area contributed by atoms with Crippen LogP contribution in [0, 0.1) is 11.6 Å². The highest BCUT2D eigenvalue weighted by Crippen LogP contribution is 2.26. The lowest BCUT2D eigenvalue weighted by molar-refractivity contribution is -0.132. The fourth-order valence-electron chi connectivity index (χ4n) is 3.48. The average molecular weight is 485 g/mol. The molecule has 3 rings (SSSR count). The molecule has 3 N–H and O–H groups in total. The van der Waals surface area contributed by atoms with Gasteiger partial charge >= 0.3 is 0 Å². The zero-order chi connectivity index (χ0) is 23.4. The quantitative estimate of drug-likeness (QED) is 0.681. The number of nitrogens with zero attached hydrogens (tertiary/aromatic N) is 2. The van der Waals surface area contributed by atoms with Gasteiger partial charge in [0.2, 0.25) is 0 Å². The SMILES string of the molecule is NCCNC(=O)C1N(C(=O)c2cc(F)cc(F)c2)CCCN1C(=O)c1ccc(Cl)cc1Cl. The number of benzene rings is 2. The molecular weight excluding hydrogens is 465 g/mol. The summed E-state index contributed by atoms with van der Waals surface area (Å²) in [4.78, 5) is 41.6. The predicted octanol–water partition coefficient (Wildman–Crippen LogP) is 2.66. The molecule has 7 nitrogen and oxygen atoms in total. The Morgan fingerprint density at radius 2 is 1.62 bits per heavy atom. The summed E-state index contributed by atoms with van der Waals surface area (Å²) in [5.41, 5.74) is 5.27. The molecule has 0 aliphatic carbocycles. The Hall–Kier alpha value is -2.75. The molecule has 0 saturated carbocycles. The molecule has 1 heterocycles. The van der Waals surface area contributed by atoms with Gasteiger partial charge in [-0.05, 0) is 36.8 Å². The molecule has 32 heavy (non-hydrogen) atoms. The molecule has 0 bridgehead atoms. The van der Waals surface area contributed by atoms with E-state index in [2.05, 4.69) is 5.32 Å². The highest BCUT2D eigenvalue weighted by atomic mass is 35.5. The van der Waals surface area contributed by atoms with Gasteiger partial charge in [0.05, 0.1) is 10.6 Å². The average Bonchev–Trinajstić information content (AvgIpc) is 2.75. The molecule has 1 fully saturated rings. The van der Waals surface area contributed by atoms with Crippen LogP contribution in [0.3, 0.4) is 0 Å². The van der Waals surface area contributed by atoms with E-state index in [0.717, 1.165) is 17.0 Å². The molecule has 1 atom stereocenters. The second-order valence-electron chi connectivity index (χ2n) is 7.09. The van der Waals surface area contributed by atoms with E-state index in [0.29, 0.717) is 17.5 Å². The number of hydrogen-bond acceptors (Lipinski definition) is 4. The summed E-state index contributed by atoms with van der Waals surface area (Å²) in [5.74, 6) is -3.91. The Balaban J connectivity index is 2.00. The monoisotopic (exact) mass is 484 g/mol. The maximum atomic E-state index is 13.7. The summed E-state index contributed by atoms with van der Waals surface area (Å²) in [5, 5.41) is 2.98. The van der Waals surface area contributed by atoms with Gasteiger partial charge in [0.25, 0.3) is 17.7 Å². The molecule has 0 spiro atoms. The van der Waals surface area contributed by atoms with Gasteiger partial charge in [0, 0.05) is 42.8 Å². The molecule has 11 heteroatoms. The van der Waals surface area contributed by atoms with Crippen molar-refractivity contribution < 1.29 is 23.2 Å². The fourth-order valence-corrected chi connectivity index (χ4v) is 3.97. The number of amides is 3. The minimum atomic E-state index is -1.37. The van der Waals surface area contributed by atoms with E-state index in [4.69, 9.17) is 28.9 Å². The van der Waals surface area contributed by atoms with Gasteiger partial charge in [-0.1, -0.05) is 23.2 Å². The van der Waals surface area contributed by atoms with Crippen LogP contribution in [-0.4, -0.2) is 59.9 Å². The molecule has 2 aromatic carbocycles. The van der Waals surface area contributed by atoms with E-state index >= 15 is 0 Å². The Morgan fingerprint density at radius 1 is 1.00 bits per heavy atom. The molecule has 0 radical (unpaired) electrons. The zero-order valence-electron chi connectivity index (χ0n) is 16.8. The van der Waals surface area contributed by atoms with Crippen molar-refractivity contribution in [3.63, 3.8) is 0 Å². The van der Waals surface area contributed by atoms with Gasteiger partial charge in [-0.2, -0.15) is 0 Å². The third-order valence-corrected chi connectivity index (χ3v) is 5.41. The first kappa shape index (κ1) is 23.9. The summed E-state index contributed by atoms with van der Waals surface area (Å²) < 4.78 is 27.4. The molecule has 1 saturated heterocycles. The minimum Gasteiger partial charge on any atom is -0.351 e. The Kier molecular flexibility index (Phi) is 7.65. The van der Waals surface area contributed by atoms with Gasteiger partial charge in [-0.25, -0.2) is 8.78 Å². The van der Waals surface area contributed by atoms with E-state index < -0.39 is 35.5 Å². The molecule has 1 aliphatic rings. The number of nitrogens with two attached hydrogens (primary N) is 1. The largest absolute Gasteiger partial charge is 0.351 e. The van der Waals surface area contributed by atoms with Crippen LogP contribution in [0.4, 0.5) is 8.78 Å². The first-order valence-corrected chi connectivity index (χ1v) is 10.5. The summed E-state index contributed by atoms with van der Waals surface area (Å²) >= 11 is 12.1. The lowest BCUT2D eigenvalue weighted by Crippen LogP contribution is -2.63. The first-order chi connectivity index (χ1) is 15.2. The number of hydrogen-bond donors (Lipinski definition) is 2. The number of nitrogens with one attached hydrogen (secondary N) is 1. The van der Waals surface area contributed by atoms with E-state index in [1.54, 1.807) is 0 Å². The van der Waals surface area contributed by atoms with Gasteiger partial charge < -0.3 is 20.9 Å². The van der Waals surface area contributed by atoms with Crippen molar-refractivity contribution in [1.29, 1.82) is 0 Å². The number of carbonyl (C=O) groups is 3. The zero-order valence-corrected chi connectivity index (χ0v) is 18.3. The van der Waals surface area contributed by atoms with Crippen LogP contribution in [0.25, 0.3) is 0 Å². The Morgan fingerprint density at radius 3 is 2.22 bits per heavy atom. The van der Waals surface area contributed by atoms with Crippen molar-refractivity contribution in [2.24, 2.45) is 5.73 Å². The van der Waals surface area contributed by atoms with Crippen LogP contribution in [0.1, 0.15) is 27.1 Å². The normalized spacial score (nSPS) is 16.1. The van der Waals surface area contributed by atoms with Crippen LogP contribution in [-0.2, 0) is 4.79 Å². The smallest absolute Gasteiger partial charge is 0.263 e. The summed E-state index contributed by atoms with van der Waals surface area (Å²) in [6.07, 6.45) is -1.03. The standard InChI is InChI=1S/C21H20Cl2F2N4O3/c22-13-2-3-16(17(23)10-13)21(32)29-7-1-6-28(19(29)18(30)27-5-4-26)20(31)12-8-14(24)11-15(25)9-12/h2-3,8-11,19H,1,4-7,26H2,(H,27,30). The van der Waals surface area contributed by atoms with Crippen LogP contribution in [0.5, 0.6) is 0 Å². The molecule has 1 aliphatic heterocycles. The fraction of sp³-hybridized carbons (Fsp3) is 0.286. The Labute approximate surface area is 193 Å². The minimum absolute atomic E-state index is 0.0827. The number of halogens is 4. The van der Waals surface area contributed by atoms with Crippen LogP contribution >= 0.6 is 23.2 Å².